The Morgan fingerprint density at radius 3 is 2.50 bits per heavy atom. The van der Waals surface area contributed by atoms with E-state index in [2.05, 4.69) is 15.3 Å². The summed E-state index contributed by atoms with van der Waals surface area (Å²) in [6, 6.07) is 7.30. The van der Waals surface area contributed by atoms with Gasteiger partial charge in [0.1, 0.15) is 5.82 Å². The predicted molar refractivity (Wildman–Crippen MR) is 109 cm³/mol. The van der Waals surface area contributed by atoms with Crippen molar-refractivity contribution in [2.45, 2.75) is 57.8 Å². The number of para-hydroxylation sites is 1. The van der Waals surface area contributed by atoms with Gasteiger partial charge in [0.05, 0.1) is 10.9 Å². The first kappa shape index (κ1) is 17.9. The topological polar surface area (TPSA) is 74.8 Å². The third-order valence-electron chi connectivity index (χ3n) is 7.39. The number of benzene rings is 1. The molecule has 2 N–H and O–H groups in total. The lowest BCUT2D eigenvalue weighted by Crippen LogP contribution is -2.47. The lowest BCUT2D eigenvalue weighted by Gasteiger charge is -2.57. The summed E-state index contributed by atoms with van der Waals surface area (Å²) >= 11 is 0. The maximum absolute atomic E-state index is 12.3. The maximum Gasteiger partial charge on any atom is 0.258 e. The number of carbonyl (C=O) groups is 1. The third-order valence-corrected chi connectivity index (χ3v) is 7.39. The number of fused-ring (bicyclic) bond motifs is 1. The summed E-state index contributed by atoms with van der Waals surface area (Å²) in [6.45, 7) is 0.784. The number of carbonyl (C=O) groups excluding carboxylic acids is 1. The van der Waals surface area contributed by atoms with Crippen molar-refractivity contribution in [2.75, 3.05) is 6.54 Å². The van der Waals surface area contributed by atoms with E-state index in [4.69, 9.17) is 0 Å². The maximum atomic E-state index is 12.3. The first-order valence-electron chi connectivity index (χ1n) is 10.8. The summed E-state index contributed by atoms with van der Waals surface area (Å²) in [5.74, 6) is 3.51. The summed E-state index contributed by atoms with van der Waals surface area (Å²) in [6.07, 6.45) is 10.5. The van der Waals surface area contributed by atoms with Crippen LogP contribution in [-0.2, 0) is 11.2 Å². The Labute approximate surface area is 165 Å². The largest absolute Gasteiger partial charge is 0.356 e. The molecule has 4 bridgehead atoms. The third kappa shape index (κ3) is 3.47. The molecule has 0 atom stereocenters. The number of rotatable bonds is 6. The van der Waals surface area contributed by atoms with Gasteiger partial charge in [-0.3, -0.25) is 9.59 Å². The molecule has 0 saturated heterocycles. The van der Waals surface area contributed by atoms with Crippen LogP contribution in [0.25, 0.3) is 10.9 Å². The highest BCUT2D eigenvalue weighted by molar-refractivity contribution is 5.78. The van der Waals surface area contributed by atoms with Gasteiger partial charge in [-0.25, -0.2) is 4.98 Å². The van der Waals surface area contributed by atoms with Crippen molar-refractivity contribution >= 4 is 16.8 Å². The van der Waals surface area contributed by atoms with E-state index >= 15 is 0 Å². The molecule has 4 saturated carbocycles. The summed E-state index contributed by atoms with van der Waals surface area (Å²) in [4.78, 5) is 31.7. The average molecular weight is 380 g/mol. The first-order chi connectivity index (χ1) is 13.6. The molecule has 1 heterocycles. The average Bonchev–Trinajstić information content (AvgIpc) is 2.65. The van der Waals surface area contributed by atoms with Crippen LogP contribution < -0.4 is 10.9 Å². The zero-order valence-electron chi connectivity index (χ0n) is 16.4. The molecule has 0 spiro atoms. The molecule has 6 rings (SSSR count). The molecule has 4 fully saturated rings. The molecular formula is C23H29N3O2. The van der Waals surface area contributed by atoms with Gasteiger partial charge in [-0.1, -0.05) is 12.1 Å². The van der Waals surface area contributed by atoms with Crippen molar-refractivity contribution in [3.8, 4) is 0 Å². The van der Waals surface area contributed by atoms with Crippen molar-refractivity contribution in [1.82, 2.24) is 15.3 Å². The van der Waals surface area contributed by atoms with E-state index in [1.165, 1.54) is 38.5 Å². The fraction of sp³-hybridized carbons (Fsp3) is 0.609. The van der Waals surface area contributed by atoms with E-state index in [0.717, 1.165) is 30.7 Å². The van der Waals surface area contributed by atoms with Gasteiger partial charge in [0.15, 0.2) is 0 Å². The van der Waals surface area contributed by atoms with Gasteiger partial charge in [0.25, 0.3) is 5.56 Å². The summed E-state index contributed by atoms with van der Waals surface area (Å²) in [7, 11) is 0. The molecule has 0 unspecified atom stereocenters. The van der Waals surface area contributed by atoms with Crippen molar-refractivity contribution < 1.29 is 4.79 Å². The molecule has 1 aromatic heterocycles. The second-order valence-electron chi connectivity index (χ2n) is 9.55. The number of amides is 1. The molecular weight excluding hydrogens is 350 g/mol. The molecule has 4 aliphatic rings. The van der Waals surface area contributed by atoms with Crippen molar-refractivity contribution in [1.29, 1.82) is 0 Å². The Bertz CT molecular complexity index is 913. The number of aromatic amines is 1. The standard InChI is InChI=1S/C23H29N3O2/c27-21(6-5-20-25-19-4-2-1-3-18(19)22(28)26-20)24-8-7-23-12-15-9-16(13-23)11-17(10-15)14-23/h1-4,15-17H,5-14H2,(H,24,27)(H,25,26,28). The van der Waals surface area contributed by atoms with Crippen LogP contribution in [-0.4, -0.2) is 22.4 Å². The number of hydrogen-bond donors (Lipinski definition) is 2. The lowest BCUT2D eigenvalue weighted by atomic mass is 9.49. The SMILES string of the molecule is O=C(CCc1nc2ccccc2c(=O)[nH]1)NCCC12CC3CC(CC(C3)C1)C2. The molecule has 5 nitrogen and oxygen atoms in total. The molecule has 0 radical (unpaired) electrons. The number of hydrogen-bond acceptors (Lipinski definition) is 3. The van der Waals surface area contributed by atoms with Crippen LogP contribution in [0.2, 0.25) is 0 Å². The minimum absolute atomic E-state index is 0.0561. The van der Waals surface area contributed by atoms with E-state index in [9.17, 15) is 9.59 Å². The van der Waals surface area contributed by atoms with E-state index < -0.39 is 0 Å². The van der Waals surface area contributed by atoms with Crippen LogP contribution in [0.1, 0.15) is 57.2 Å². The zero-order chi connectivity index (χ0) is 19.1. The number of nitrogens with zero attached hydrogens (tertiary/aromatic N) is 1. The van der Waals surface area contributed by atoms with Crippen molar-refractivity contribution in [3.63, 3.8) is 0 Å². The molecule has 148 valence electrons. The van der Waals surface area contributed by atoms with Gasteiger partial charge in [-0.2, -0.15) is 0 Å². The van der Waals surface area contributed by atoms with Crippen LogP contribution in [0.4, 0.5) is 0 Å². The summed E-state index contributed by atoms with van der Waals surface area (Å²) < 4.78 is 0. The molecule has 1 amide bonds. The van der Waals surface area contributed by atoms with Gasteiger partial charge < -0.3 is 10.3 Å². The quantitative estimate of drug-likeness (QED) is 0.806. The van der Waals surface area contributed by atoms with Crippen molar-refractivity contribution in [3.05, 3.63) is 40.4 Å². The fourth-order valence-corrected chi connectivity index (χ4v) is 6.64. The van der Waals surface area contributed by atoms with Gasteiger partial charge >= 0.3 is 0 Å². The molecule has 0 aliphatic heterocycles. The molecule has 1 aromatic carbocycles. The Morgan fingerprint density at radius 1 is 1.11 bits per heavy atom. The minimum Gasteiger partial charge on any atom is -0.356 e. The van der Waals surface area contributed by atoms with E-state index in [0.29, 0.717) is 35.0 Å². The monoisotopic (exact) mass is 379 g/mol. The highest BCUT2D eigenvalue weighted by atomic mass is 16.1. The Balaban J connectivity index is 1.13. The molecule has 5 heteroatoms. The Kier molecular flexibility index (Phi) is 4.48. The second-order valence-corrected chi connectivity index (χ2v) is 9.55. The van der Waals surface area contributed by atoms with E-state index in [1.807, 2.05) is 18.2 Å². The Morgan fingerprint density at radius 2 is 1.79 bits per heavy atom. The fourth-order valence-electron chi connectivity index (χ4n) is 6.64. The zero-order valence-corrected chi connectivity index (χ0v) is 16.4. The predicted octanol–water partition coefficient (Wildman–Crippen LogP) is 3.58. The number of H-pyrrole nitrogens is 1. The van der Waals surface area contributed by atoms with Crippen LogP contribution in [0.15, 0.2) is 29.1 Å². The van der Waals surface area contributed by atoms with E-state index in [1.54, 1.807) is 6.07 Å². The highest BCUT2D eigenvalue weighted by Gasteiger charge is 2.50. The first-order valence-corrected chi connectivity index (χ1v) is 10.8. The number of aromatic nitrogens is 2. The van der Waals surface area contributed by atoms with Crippen LogP contribution in [0.5, 0.6) is 0 Å². The lowest BCUT2D eigenvalue weighted by molar-refractivity contribution is -0.121. The highest BCUT2D eigenvalue weighted by Crippen LogP contribution is 2.61. The minimum atomic E-state index is -0.136. The van der Waals surface area contributed by atoms with Crippen LogP contribution in [0.3, 0.4) is 0 Å². The van der Waals surface area contributed by atoms with Gasteiger partial charge in [-0.05, 0) is 80.2 Å². The number of nitrogens with one attached hydrogen (secondary N) is 2. The summed E-state index contributed by atoms with van der Waals surface area (Å²) in [5.41, 5.74) is 1.05. The normalized spacial score (nSPS) is 30.6. The molecule has 28 heavy (non-hydrogen) atoms. The van der Waals surface area contributed by atoms with Gasteiger partial charge in [-0.15, -0.1) is 0 Å². The summed E-state index contributed by atoms with van der Waals surface area (Å²) in [5, 5.41) is 3.71. The second kappa shape index (κ2) is 7.02. The van der Waals surface area contributed by atoms with E-state index in [-0.39, 0.29) is 11.5 Å². The number of aryl methyl sites for hydroxylation is 1. The Hall–Kier alpha value is -2.17. The molecule has 2 aromatic rings. The molecule has 4 aliphatic carbocycles. The van der Waals surface area contributed by atoms with Crippen LogP contribution >= 0.6 is 0 Å². The van der Waals surface area contributed by atoms with Crippen molar-refractivity contribution in [2.24, 2.45) is 23.2 Å². The van der Waals surface area contributed by atoms with Crippen LogP contribution in [0, 0.1) is 23.2 Å². The van der Waals surface area contributed by atoms with Gasteiger partial charge in [0, 0.05) is 19.4 Å². The van der Waals surface area contributed by atoms with Gasteiger partial charge in [0.2, 0.25) is 5.91 Å². The smallest absolute Gasteiger partial charge is 0.258 e.